The molecule has 1 aromatic rings. The predicted octanol–water partition coefficient (Wildman–Crippen LogP) is 4.89. The average molecular weight is 265 g/mol. The zero-order chi connectivity index (χ0) is 13.2. The van der Waals surface area contributed by atoms with E-state index in [0.717, 1.165) is 12.5 Å². The Morgan fingerprint density at radius 3 is 2.50 bits per heavy atom. The smallest absolute Gasteiger partial charge is 0.0417 e. The molecular formula is C16H27NS. The molecule has 0 radical (unpaired) electrons. The predicted molar refractivity (Wildman–Crippen MR) is 81.4 cm³/mol. The van der Waals surface area contributed by atoms with Crippen LogP contribution in [0, 0.1) is 5.92 Å². The van der Waals surface area contributed by atoms with Crippen LogP contribution in [0.1, 0.15) is 69.2 Å². The molecule has 1 nitrogen and oxygen atoms in total. The molecule has 2 rings (SSSR count). The second-order valence-corrected chi connectivity index (χ2v) is 7.71. The summed E-state index contributed by atoms with van der Waals surface area (Å²) in [5.74, 6) is 0.967. The van der Waals surface area contributed by atoms with Crippen LogP contribution in [0.15, 0.2) is 12.1 Å². The summed E-state index contributed by atoms with van der Waals surface area (Å²) in [5.41, 5.74) is 0.288. The van der Waals surface area contributed by atoms with Crippen LogP contribution >= 0.6 is 11.3 Å². The van der Waals surface area contributed by atoms with Crippen LogP contribution in [0.5, 0.6) is 0 Å². The molecule has 1 fully saturated rings. The van der Waals surface area contributed by atoms with Crippen molar-refractivity contribution in [3.8, 4) is 0 Å². The third-order valence-corrected chi connectivity index (χ3v) is 5.58. The third-order valence-electron chi connectivity index (χ3n) is 3.95. The molecule has 0 spiro atoms. The van der Waals surface area contributed by atoms with Gasteiger partial charge in [0.1, 0.15) is 0 Å². The van der Waals surface area contributed by atoms with E-state index in [1.807, 2.05) is 11.3 Å². The van der Waals surface area contributed by atoms with Crippen LogP contribution in [-0.4, -0.2) is 6.54 Å². The van der Waals surface area contributed by atoms with Gasteiger partial charge < -0.3 is 5.32 Å². The molecule has 1 atom stereocenters. The molecule has 102 valence electrons. The fraction of sp³-hybridized carbons (Fsp3) is 0.750. The van der Waals surface area contributed by atoms with E-state index in [2.05, 4.69) is 45.1 Å². The Labute approximate surface area is 116 Å². The molecule has 1 heterocycles. The second-order valence-electron chi connectivity index (χ2n) is 6.59. The molecule has 1 aliphatic carbocycles. The molecule has 0 saturated heterocycles. The summed E-state index contributed by atoms with van der Waals surface area (Å²) in [4.78, 5) is 3.04. The first-order chi connectivity index (χ1) is 8.50. The van der Waals surface area contributed by atoms with Gasteiger partial charge in [0.2, 0.25) is 0 Å². The number of hydrogen-bond donors (Lipinski definition) is 1. The van der Waals surface area contributed by atoms with E-state index in [0.29, 0.717) is 6.04 Å². The Morgan fingerprint density at radius 1 is 1.33 bits per heavy atom. The van der Waals surface area contributed by atoms with Crippen LogP contribution in [0.3, 0.4) is 0 Å². The molecule has 1 aliphatic rings. The summed E-state index contributed by atoms with van der Waals surface area (Å²) in [7, 11) is 0. The van der Waals surface area contributed by atoms with Gasteiger partial charge in [0, 0.05) is 15.8 Å². The van der Waals surface area contributed by atoms with Gasteiger partial charge in [0.15, 0.2) is 0 Å². The maximum absolute atomic E-state index is 3.67. The van der Waals surface area contributed by atoms with Crippen molar-refractivity contribution in [3.63, 3.8) is 0 Å². The maximum atomic E-state index is 3.67. The average Bonchev–Trinajstić information content (AvgIpc) is 2.70. The standard InChI is InChI=1S/C16H27NS/c1-5-17-13(11-12-7-6-8-12)14-9-10-15(18-14)16(2,3)4/h9-10,12-13,17H,5-8,11H2,1-4H3. The van der Waals surface area contributed by atoms with Gasteiger partial charge in [-0.1, -0.05) is 47.0 Å². The van der Waals surface area contributed by atoms with E-state index in [1.54, 1.807) is 0 Å². The highest BCUT2D eigenvalue weighted by atomic mass is 32.1. The van der Waals surface area contributed by atoms with Crippen molar-refractivity contribution >= 4 is 11.3 Å². The van der Waals surface area contributed by atoms with E-state index in [4.69, 9.17) is 0 Å². The first-order valence-corrected chi connectivity index (χ1v) is 8.16. The van der Waals surface area contributed by atoms with Crippen molar-refractivity contribution in [2.24, 2.45) is 5.92 Å². The normalized spacial score (nSPS) is 18.7. The maximum Gasteiger partial charge on any atom is 0.0417 e. The zero-order valence-corrected chi connectivity index (χ0v) is 13.1. The van der Waals surface area contributed by atoms with E-state index in [-0.39, 0.29) is 5.41 Å². The summed E-state index contributed by atoms with van der Waals surface area (Å²) < 4.78 is 0. The van der Waals surface area contributed by atoms with E-state index in [9.17, 15) is 0 Å². The van der Waals surface area contributed by atoms with Crippen molar-refractivity contribution < 1.29 is 0 Å². The van der Waals surface area contributed by atoms with Crippen molar-refractivity contribution in [2.75, 3.05) is 6.54 Å². The zero-order valence-electron chi connectivity index (χ0n) is 12.3. The lowest BCUT2D eigenvalue weighted by Crippen LogP contribution is -2.25. The monoisotopic (exact) mass is 265 g/mol. The van der Waals surface area contributed by atoms with E-state index < -0.39 is 0 Å². The van der Waals surface area contributed by atoms with Gasteiger partial charge in [-0.3, -0.25) is 0 Å². The van der Waals surface area contributed by atoms with Crippen LogP contribution in [-0.2, 0) is 5.41 Å². The van der Waals surface area contributed by atoms with Gasteiger partial charge in [-0.15, -0.1) is 11.3 Å². The van der Waals surface area contributed by atoms with Crippen LogP contribution in [0.25, 0.3) is 0 Å². The van der Waals surface area contributed by atoms with Gasteiger partial charge in [-0.05, 0) is 36.4 Å². The molecule has 2 heteroatoms. The van der Waals surface area contributed by atoms with Crippen LogP contribution in [0.2, 0.25) is 0 Å². The molecule has 1 saturated carbocycles. The highest BCUT2D eigenvalue weighted by Crippen LogP contribution is 2.38. The Hall–Kier alpha value is -0.340. The Morgan fingerprint density at radius 2 is 2.06 bits per heavy atom. The summed E-state index contributed by atoms with van der Waals surface area (Å²) in [6.45, 7) is 10.2. The SMILES string of the molecule is CCNC(CC1CCC1)c1ccc(C(C)(C)C)s1. The first kappa shape index (κ1) is 14.1. The van der Waals surface area contributed by atoms with Crippen molar-refractivity contribution in [1.82, 2.24) is 5.32 Å². The molecular weight excluding hydrogens is 238 g/mol. The highest BCUT2D eigenvalue weighted by Gasteiger charge is 2.25. The third kappa shape index (κ3) is 3.36. The molecule has 1 N–H and O–H groups in total. The fourth-order valence-corrected chi connectivity index (χ4v) is 3.71. The largest absolute Gasteiger partial charge is 0.310 e. The van der Waals surface area contributed by atoms with Gasteiger partial charge in [-0.25, -0.2) is 0 Å². The van der Waals surface area contributed by atoms with Crippen LogP contribution < -0.4 is 5.32 Å². The summed E-state index contributed by atoms with van der Waals surface area (Å²) in [5, 5.41) is 3.67. The molecule has 0 bridgehead atoms. The van der Waals surface area contributed by atoms with Crippen molar-refractivity contribution in [3.05, 3.63) is 21.9 Å². The minimum Gasteiger partial charge on any atom is -0.310 e. The second kappa shape index (κ2) is 5.75. The quantitative estimate of drug-likeness (QED) is 0.799. The topological polar surface area (TPSA) is 12.0 Å². The van der Waals surface area contributed by atoms with Gasteiger partial charge >= 0.3 is 0 Å². The number of hydrogen-bond acceptors (Lipinski definition) is 2. The lowest BCUT2D eigenvalue weighted by atomic mass is 9.80. The Balaban J connectivity index is 2.06. The fourth-order valence-electron chi connectivity index (χ4n) is 2.55. The molecule has 1 aromatic heterocycles. The van der Waals surface area contributed by atoms with Gasteiger partial charge in [0.25, 0.3) is 0 Å². The van der Waals surface area contributed by atoms with E-state index >= 15 is 0 Å². The van der Waals surface area contributed by atoms with Crippen molar-refractivity contribution in [2.45, 2.75) is 64.8 Å². The van der Waals surface area contributed by atoms with Crippen LogP contribution in [0.4, 0.5) is 0 Å². The molecule has 1 unspecified atom stereocenters. The summed E-state index contributed by atoms with van der Waals surface area (Å²) in [6.07, 6.45) is 5.66. The molecule has 0 aromatic carbocycles. The molecule has 18 heavy (non-hydrogen) atoms. The lowest BCUT2D eigenvalue weighted by Gasteiger charge is -2.29. The highest BCUT2D eigenvalue weighted by molar-refractivity contribution is 7.12. The van der Waals surface area contributed by atoms with Gasteiger partial charge in [-0.2, -0.15) is 0 Å². The van der Waals surface area contributed by atoms with E-state index in [1.165, 1.54) is 35.4 Å². The van der Waals surface area contributed by atoms with Gasteiger partial charge in [0.05, 0.1) is 0 Å². The number of thiophene rings is 1. The molecule has 0 aliphatic heterocycles. The Bertz CT molecular complexity index is 371. The van der Waals surface area contributed by atoms with Crippen molar-refractivity contribution in [1.29, 1.82) is 0 Å². The Kier molecular flexibility index (Phi) is 4.50. The minimum atomic E-state index is 0.288. The lowest BCUT2D eigenvalue weighted by molar-refractivity contribution is 0.264. The number of nitrogens with one attached hydrogen (secondary N) is 1. The first-order valence-electron chi connectivity index (χ1n) is 7.34. The summed E-state index contributed by atoms with van der Waals surface area (Å²) in [6, 6.07) is 5.25. The minimum absolute atomic E-state index is 0.288. The number of rotatable bonds is 5. The summed E-state index contributed by atoms with van der Waals surface area (Å²) >= 11 is 2.00. The molecule has 0 amide bonds.